The first kappa shape index (κ1) is 11.0. The number of morpholine rings is 1. The molecule has 2 N–H and O–H groups in total. The second-order valence-corrected chi connectivity index (χ2v) is 3.78. The van der Waals surface area contributed by atoms with Crippen molar-refractivity contribution in [2.24, 2.45) is 5.73 Å². The molecule has 2 rings (SSSR count). The molecule has 1 unspecified atom stereocenters. The van der Waals surface area contributed by atoms with E-state index in [1.807, 2.05) is 12.1 Å². The molecule has 0 aliphatic carbocycles. The second-order valence-electron chi connectivity index (χ2n) is 3.78. The van der Waals surface area contributed by atoms with Crippen molar-refractivity contribution in [3.05, 3.63) is 30.1 Å². The molecule has 2 heterocycles. The summed E-state index contributed by atoms with van der Waals surface area (Å²) in [4.78, 5) is 17.4. The summed E-state index contributed by atoms with van der Waals surface area (Å²) in [7, 11) is 0. The Hall–Kier alpha value is -1.46. The number of hydrogen-bond acceptors (Lipinski definition) is 4. The fourth-order valence-electron chi connectivity index (χ4n) is 1.76. The van der Waals surface area contributed by atoms with Crippen LogP contribution in [0.3, 0.4) is 0 Å². The minimum atomic E-state index is -0.0191. The van der Waals surface area contributed by atoms with Gasteiger partial charge in [0.25, 0.3) is 0 Å². The van der Waals surface area contributed by atoms with E-state index in [9.17, 15) is 4.79 Å². The van der Waals surface area contributed by atoms with Crippen LogP contribution in [-0.4, -0.2) is 41.6 Å². The molecular weight excluding hydrogens is 206 g/mol. The third-order valence-corrected chi connectivity index (χ3v) is 2.67. The lowest BCUT2D eigenvalue weighted by atomic mass is 10.1. The molecule has 1 saturated heterocycles. The minimum Gasteiger partial charge on any atom is -0.369 e. The Labute approximate surface area is 94.2 Å². The Morgan fingerprint density at radius 3 is 2.94 bits per heavy atom. The molecule has 1 atom stereocenters. The van der Waals surface area contributed by atoms with Crippen LogP contribution in [0.15, 0.2) is 24.5 Å². The second kappa shape index (κ2) is 5.05. The molecule has 0 radical (unpaired) electrons. The summed E-state index contributed by atoms with van der Waals surface area (Å²) in [6, 6.07) is 3.78. The summed E-state index contributed by atoms with van der Waals surface area (Å²) in [5, 5.41) is 0. The Morgan fingerprint density at radius 2 is 2.25 bits per heavy atom. The van der Waals surface area contributed by atoms with Crippen molar-refractivity contribution >= 4 is 5.91 Å². The van der Waals surface area contributed by atoms with Gasteiger partial charge in [0.05, 0.1) is 12.6 Å². The van der Waals surface area contributed by atoms with E-state index >= 15 is 0 Å². The quantitative estimate of drug-likeness (QED) is 0.765. The number of nitrogens with two attached hydrogens (primary N) is 1. The number of rotatable bonds is 3. The van der Waals surface area contributed by atoms with Crippen LogP contribution in [0.2, 0.25) is 0 Å². The number of nitrogens with zero attached hydrogens (tertiary/aromatic N) is 2. The van der Waals surface area contributed by atoms with Crippen LogP contribution >= 0.6 is 0 Å². The van der Waals surface area contributed by atoms with Gasteiger partial charge in [0.1, 0.15) is 6.61 Å². The van der Waals surface area contributed by atoms with Gasteiger partial charge in [0, 0.05) is 25.5 Å². The lowest BCUT2D eigenvalue weighted by Crippen LogP contribution is -2.52. The van der Waals surface area contributed by atoms with E-state index in [1.165, 1.54) is 0 Å². The topological polar surface area (TPSA) is 68.5 Å². The lowest BCUT2D eigenvalue weighted by molar-refractivity contribution is -0.148. The molecule has 1 aliphatic rings. The summed E-state index contributed by atoms with van der Waals surface area (Å²) in [6.07, 6.45) is 3.44. The molecule has 16 heavy (non-hydrogen) atoms. The standard InChI is InChI=1S/C11H15N3O2/c12-5-10-7-16-8-11(15)14(10)6-9-1-3-13-4-2-9/h1-4,10H,5-8,12H2. The summed E-state index contributed by atoms with van der Waals surface area (Å²) in [6.45, 7) is 1.68. The highest BCUT2D eigenvalue weighted by Crippen LogP contribution is 2.12. The first-order valence-electron chi connectivity index (χ1n) is 5.27. The maximum absolute atomic E-state index is 11.7. The molecule has 0 aromatic carbocycles. The van der Waals surface area contributed by atoms with Gasteiger partial charge < -0.3 is 15.4 Å². The van der Waals surface area contributed by atoms with E-state index in [2.05, 4.69) is 4.98 Å². The van der Waals surface area contributed by atoms with Crippen LogP contribution in [-0.2, 0) is 16.1 Å². The summed E-state index contributed by atoms with van der Waals surface area (Å²) >= 11 is 0. The molecule has 0 spiro atoms. The van der Waals surface area contributed by atoms with Crippen LogP contribution in [0, 0.1) is 0 Å². The summed E-state index contributed by atoms with van der Waals surface area (Å²) in [5.74, 6) is -0.00138. The first-order chi connectivity index (χ1) is 7.81. The SMILES string of the molecule is NCC1COCC(=O)N1Cc1ccncc1. The average Bonchev–Trinajstić information content (AvgIpc) is 2.33. The Morgan fingerprint density at radius 1 is 1.50 bits per heavy atom. The van der Waals surface area contributed by atoms with Crippen molar-refractivity contribution in [1.29, 1.82) is 0 Å². The van der Waals surface area contributed by atoms with Crippen LogP contribution in [0.4, 0.5) is 0 Å². The van der Waals surface area contributed by atoms with Crippen LogP contribution < -0.4 is 5.73 Å². The Bertz CT molecular complexity index is 356. The van der Waals surface area contributed by atoms with Gasteiger partial charge in [-0.15, -0.1) is 0 Å². The minimum absolute atomic E-state index is 0.00138. The van der Waals surface area contributed by atoms with Crippen LogP contribution in [0.5, 0.6) is 0 Å². The van der Waals surface area contributed by atoms with Crippen molar-refractivity contribution < 1.29 is 9.53 Å². The van der Waals surface area contributed by atoms with E-state index < -0.39 is 0 Å². The Kier molecular flexibility index (Phi) is 3.48. The highest BCUT2D eigenvalue weighted by atomic mass is 16.5. The number of carbonyl (C=O) groups is 1. The maximum Gasteiger partial charge on any atom is 0.249 e. The number of ether oxygens (including phenoxy) is 1. The van der Waals surface area contributed by atoms with Gasteiger partial charge >= 0.3 is 0 Å². The smallest absolute Gasteiger partial charge is 0.249 e. The van der Waals surface area contributed by atoms with Crippen molar-refractivity contribution in [2.75, 3.05) is 19.8 Å². The highest BCUT2D eigenvalue weighted by molar-refractivity contribution is 5.78. The molecule has 1 aromatic heterocycles. The predicted molar refractivity (Wildman–Crippen MR) is 58.4 cm³/mol. The zero-order valence-electron chi connectivity index (χ0n) is 9.00. The monoisotopic (exact) mass is 221 g/mol. The van der Waals surface area contributed by atoms with Crippen molar-refractivity contribution in [3.8, 4) is 0 Å². The molecule has 5 heteroatoms. The van der Waals surface area contributed by atoms with Crippen molar-refractivity contribution in [3.63, 3.8) is 0 Å². The van der Waals surface area contributed by atoms with Gasteiger partial charge in [-0.2, -0.15) is 0 Å². The first-order valence-corrected chi connectivity index (χ1v) is 5.27. The number of pyridine rings is 1. The van der Waals surface area contributed by atoms with E-state index in [0.717, 1.165) is 5.56 Å². The molecule has 1 fully saturated rings. The highest BCUT2D eigenvalue weighted by Gasteiger charge is 2.27. The predicted octanol–water partition coefficient (Wildman–Crippen LogP) is -0.232. The molecule has 1 aliphatic heterocycles. The van der Waals surface area contributed by atoms with Gasteiger partial charge in [-0.1, -0.05) is 0 Å². The Balaban J connectivity index is 2.08. The third kappa shape index (κ3) is 2.37. The van der Waals surface area contributed by atoms with E-state index in [4.69, 9.17) is 10.5 Å². The zero-order chi connectivity index (χ0) is 11.4. The summed E-state index contributed by atoms with van der Waals surface area (Å²) < 4.78 is 5.17. The maximum atomic E-state index is 11.7. The molecule has 0 bridgehead atoms. The molecule has 0 saturated carbocycles. The molecule has 5 nitrogen and oxygen atoms in total. The number of amides is 1. The normalized spacial score (nSPS) is 21.2. The molecular formula is C11H15N3O2. The van der Waals surface area contributed by atoms with E-state index in [0.29, 0.717) is 19.7 Å². The van der Waals surface area contributed by atoms with Crippen LogP contribution in [0.25, 0.3) is 0 Å². The lowest BCUT2D eigenvalue weighted by Gasteiger charge is -2.34. The van der Waals surface area contributed by atoms with Gasteiger partial charge in [-0.3, -0.25) is 9.78 Å². The summed E-state index contributed by atoms with van der Waals surface area (Å²) in [5.41, 5.74) is 6.68. The number of aromatic nitrogens is 1. The molecule has 1 amide bonds. The molecule has 1 aromatic rings. The van der Waals surface area contributed by atoms with E-state index in [1.54, 1.807) is 17.3 Å². The van der Waals surface area contributed by atoms with Crippen molar-refractivity contribution in [1.82, 2.24) is 9.88 Å². The van der Waals surface area contributed by atoms with Crippen molar-refractivity contribution in [2.45, 2.75) is 12.6 Å². The van der Waals surface area contributed by atoms with Gasteiger partial charge in [-0.05, 0) is 17.7 Å². The zero-order valence-corrected chi connectivity index (χ0v) is 9.00. The van der Waals surface area contributed by atoms with Gasteiger partial charge in [0.2, 0.25) is 5.91 Å². The fourth-order valence-corrected chi connectivity index (χ4v) is 1.76. The fraction of sp³-hybridized carbons (Fsp3) is 0.455. The average molecular weight is 221 g/mol. The number of hydrogen-bond donors (Lipinski definition) is 1. The van der Waals surface area contributed by atoms with Gasteiger partial charge in [0.15, 0.2) is 0 Å². The number of carbonyl (C=O) groups excluding carboxylic acids is 1. The molecule has 86 valence electrons. The largest absolute Gasteiger partial charge is 0.369 e. The van der Waals surface area contributed by atoms with Gasteiger partial charge in [-0.25, -0.2) is 0 Å². The van der Waals surface area contributed by atoms with E-state index in [-0.39, 0.29) is 18.6 Å². The third-order valence-electron chi connectivity index (χ3n) is 2.67. The van der Waals surface area contributed by atoms with Crippen LogP contribution in [0.1, 0.15) is 5.56 Å².